The SMILES string of the molecule is N=CC(C(=N)c1cccc(NC(=O)Nc2ccc(Cl)cc2)c1)c1ccncc1. The van der Waals surface area contributed by atoms with Gasteiger partial charge in [0.1, 0.15) is 0 Å². The smallest absolute Gasteiger partial charge is 0.312 e. The first-order chi connectivity index (χ1) is 13.6. The van der Waals surface area contributed by atoms with Crippen LogP contribution in [0.4, 0.5) is 16.2 Å². The number of carbonyl (C=O) groups excluding carboxylic acids is 1. The molecule has 3 rings (SSSR count). The van der Waals surface area contributed by atoms with Crippen LogP contribution in [-0.2, 0) is 0 Å². The van der Waals surface area contributed by atoms with E-state index in [0.29, 0.717) is 22.0 Å². The van der Waals surface area contributed by atoms with E-state index < -0.39 is 11.9 Å². The molecule has 3 aromatic rings. The summed E-state index contributed by atoms with van der Waals surface area (Å²) in [5.74, 6) is -0.485. The molecule has 0 fully saturated rings. The second kappa shape index (κ2) is 8.92. The van der Waals surface area contributed by atoms with Crippen molar-refractivity contribution in [2.24, 2.45) is 0 Å². The van der Waals surface area contributed by atoms with E-state index >= 15 is 0 Å². The lowest BCUT2D eigenvalue weighted by atomic mass is 9.91. The number of amides is 2. The second-order valence-electron chi connectivity index (χ2n) is 6.01. The summed E-state index contributed by atoms with van der Waals surface area (Å²) in [4.78, 5) is 16.2. The fraction of sp³-hybridized carbons (Fsp3) is 0.0476. The molecule has 0 aliphatic heterocycles. The Hall–Kier alpha value is -3.51. The number of nitrogens with zero attached hydrogens (tertiary/aromatic N) is 1. The van der Waals surface area contributed by atoms with Gasteiger partial charge in [0.2, 0.25) is 0 Å². The van der Waals surface area contributed by atoms with Crippen LogP contribution in [0.2, 0.25) is 5.02 Å². The molecular weight excluding hydrogens is 374 g/mol. The standard InChI is InChI=1S/C21H18ClN5O/c22-16-4-6-17(7-5-16)26-21(28)27-18-3-1-2-15(12-18)20(24)19(13-23)14-8-10-25-11-9-14/h1-13,19,23-24H,(H2,26,27,28). The average molecular weight is 392 g/mol. The van der Waals surface area contributed by atoms with E-state index in [-0.39, 0.29) is 5.71 Å². The molecule has 0 radical (unpaired) electrons. The van der Waals surface area contributed by atoms with Gasteiger partial charge in [0, 0.05) is 35.0 Å². The van der Waals surface area contributed by atoms with Gasteiger partial charge in [-0.2, -0.15) is 0 Å². The Labute approximate surface area is 167 Å². The van der Waals surface area contributed by atoms with Gasteiger partial charge < -0.3 is 21.5 Å². The summed E-state index contributed by atoms with van der Waals surface area (Å²) < 4.78 is 0. The number of hydrogen-bond donors (Lipinski definition) is 4. The average Bonchev–Trinajstić information content (AvgIpc) is 2.71. The minimum absolute atomic E-state index is 0.267. The second-order valence-corrected chi connectivity index (χ2v) is 6.44. The van der Waals surface area contributed by atoms with Gasteiger partial charge in [-0.3, -0.25) is 4.98 Å². The van der Waals surface area contributed by atoms with Gasteiger partial charge in [-0.25, -0.2) is 4.79 Å². The van der Waals surface area contributed by atoms with Crippen molar-refractivity contribution in [3.05, 3.63) is 89.2 Å². The zero-order valence-corrected chi connectivity index (χ0v) is 15.6. The summed E-state index contributed by atoms with van der Waals surface area (Å²) in [6, 6.07) is 16.9. The number of rotatable bonds is 6. The topological polar surface area (TPSA) is 102 Å². The molecule has 0 aliphatic carbocycles. The monoisotopic (exact) mass is 391 g/mol. The molecule has 1 heterocycles. The van der Waals surface area contributed by atoms with Gasteiger partial charge in [-0.05, 0) is 59.7 Å². The number of urea groups is 1. The molecule has 7 heteroatoms. The van der Waals surface area contributed by atoms with Gasteiger partial charge in [0.25, 0.3) is 0 Å². The van der Waals surface area contributed by atoms with E-state index in [0.717, 1.165) is 5.56 Å². The van der Waals surface area contributed by atoms with E-state index in [2.05, 4.69) is 15.6 Å². The maximum Gasteiger partial charge on any atom is 0.323 e. The molecule has 1 atom stereocenters. The highest BCUT2D eigenvalue weighted by atomic mass is 35.5. The fourth-order valence-electron chi connectivity index (χ4n) is 2.69. The van der Waals surface area contributed by atoms with Crippen LogP contribution < -0.4 is 10.6 Å². The van der Waals surface area contributed by atoms with Gasteiger partial charge in [0.15, 0.2) is 0 Å². The normalized spacial score (nSPS) is 11.3. The number of anilines is 2. The molecule has 0 saturated carbocycles. The summed E-state index contributed by atoms with van der Waals surface area (Å²) in [7, 11) is 0. The minimum atomic E-state index is -0.485. The molecule has 1 aromatic heterocycles. The van der Waals surface area contributed by atoms with Crippen LogP contribution in [0.5, 0.6) is 0 Å². The van der Waals surface area contributed by atoms with Crippen molar-refractivity contribution < 1.29 is 4.79 Å². The predicted molar refractivity (Wildman–Crippen MR) is 113 cm³/mol. The van der Waals surface area contributed by atoms with Crippen molar-refractivity contribution in [3.8, 4) is 0 Å². The summed E-state index contributed by atoms with van der Waals surface area (Å²) in [6.45, 7) is 0. The zero-order valence-electron chi connectivity index (χ0n) is 14.8. The van der Waals surface area contributed by atoms with Crippen LogP contribution >= 0.6 is 11.6 Å². The molecule has 0 spiro atoms. The first kappa shape index (κ1) is 19.3. The zero-order chi connectivity index (χ0) is 19.9. The highest BCUT2D eigenvalue weighted by Crippen LogP contribution is 2.21. The Bertz CT molecular complexity index is 989. The summed E-state index contributed by atoms with van der Waals surface area (Å²) in [5.41, 5.74) is 2.87. The predicted octanol–water partition coefficient (Wildman–Crippen LogP) is 5.18. The Morgan fingerprint density at radius 1 is 1.00 bits per heavy atom. The molecule has 6 nitrogen and oxygen atoms in total. The van der Waals surface area contributed by atoms with Crippen molar-refractivity contribution in [2.45, 2.75) is 5.92 Å². The lowest BCUT2D eigenvalue weighted by Gasteiger charge is -2.15. The molecular formula is C21H18ClN5O. The van der Waals surface area contributed by atoms with Crippen molar-refractivity contribution >= 4 is 40.9 Å². The Balaban J connectivity index is 1.72. The number of aromatic nitrogens is 1. The number of benzene rings is 2. The number of halogens is 1. The lowest BCUT2D eigenvalue weighted by molar-refractivity contribution is 0.262. The molecule has 28 heavy (non-hydrogen) atoms. The summed E-state index contributed by atoms with van der Waals surface area (Å²) >= 11 is 5.84. The maximum absolute atomic E-state index is 12.2. The molecule has 0 aliphatic rings. The minimum Gasteiger partial charge on any atom is -0.312 e. The number of pyridine rings is 1. The van der Waals surface area contributed by atoms with Gasteiger partial charge >= 0.3 is 6.03 Å². The number of carbonyl (C=O) groups is 1. The van der Waals surface area contributed by atoms with Crippen LogP contribution in [-0.4, -0.2) is 22.9 Å². The van der Waals surface area contributed by atoms with Crippen LogP contribution in [0.1, 0.15) is 17.0 Å². The Morgan fingerprint density at radius 3 is 2.36 bits per heavy atom. The lowest BCUT2D eigenvalue weighted by Crippen LogP contribution is -2.20. The highest BCUT2D eigenvalue weighted by molar-refractivity contribution is 6.30. The fourth-order valence-corrected chi connectivity index (χ4v) is 2.81. The van der Waals surface area contributed by atoms with Crippen molar-refractivity contribution in [1.29, 1.82) is 10.8 Å². The van der Waals surface area contributed by atoms with E-state index in [9.17, 15) is 4.79 Å². The molecule has 4 N–H and O–H groups in total. The molecule has 1 unspecified atom stereocenters. The molecule has 2 amide bonds. The van der Waals surface area contributed by atoms with Crippen LogP contribution in [0.15, 0.2) is 73.1 Å². The molecule has 0 bridgehead atoms. The quantitative estimate of drug-likeness (QED) is 0.435. The molecule has 2 aromatic carbocycles. The van der Waals surface area contributed by atoms with Crippen molar-refractivity contribution in [3.63, 3.8) is 0 Å². The third-order valence-electron chi connectivity index (χ3n) is 4.08. The third kappa shape index (κ3) is 4.81. The first-order valence-electron chi connectivity index (χ1n) is 8.50. The van der Waals surface area contributed by atoms with Crippen molar-refractivity contribution in [2.75, 3.05) is 10.6 Å². The van der Waals surface area contributed by atoms with Crippen molar-refractivity contribution in [1.82, 2.24) is 4.98 Å². The van der Waals surface area contributed by atoms with Gasteiger partial charge in [-0.1, -0.05) is 23.7 Å². The third-order valence-corrected chi connectivity index (χ3v) is 4.33. The van der Waals surface area contributed by atoms with E-state index in [1.165, 1.54) is 6.21 Å². The number of hydrogen-bond acceptors (Lipinski definition) is 4. The largest absolute Gasteiger partial charge is 0.323 e. The van der Waals surface area contributed by atoms with Gasteiger partial charge in [-0.15, -0.1) is 0 Å². The Kier molecular flexibility index (Phi) is 6.14. The summed E-state index contributed by atoms with van der Waals surface area (Å²) in [6.07, 6.45) is 4.50. The van der Waals surface area contributed by atoms with Crippen LogP contribution in [0, 0.1) is 10.8 Å². The van der Waals surface area contributed by atoms with Crippen LogP contribution in [0.3, 0.4) is 0 Å². The Morgan fingerprint density at radius 2 is 1.68 bits per heavy atom. The molecule has 140 valence electrons. The van der Waals surface area contributed by atoms with E-state index in [1.807, 2.05) is 0 Å². The molecule has 0 saturated heterocycles. The highest BCUT2D eigenvalue weighted by Gasteiger charge is 2.16. The first-order valence-corrected chi connectivity index (χ1v) is 8.87. The van der Waals surface area contributed by atoms with Crippen LogP contribution in [0.25, 0.3) is 0 Å². The van der Waals surface area contributed by atoms with Gasteiger partial charge in [0.05, 0.1) is 11.6 Å². The summed E-state index contributed by atoms with van der Waals surface area (Å²) in [5, 5.41) is 22.3. The maximum atomic E-state index is 12.2. The van der Waals surface area contributed by atoms with E-state index in [4.69, 9.17) is 22.4 Å². The van der Waals surface area contributed by atoms with E-state index in [1.54, 1.807) is 73.1 Å². The number of nitrogens with one attached hydrogen (secondary N) is 4.